The number of amides is 1. The lowest BCUT2D eigenvalue weighted by atomic mass is 9.66. The van der Waals surface area contributed by atoms with Gasteiger partial charge in [0, 0.05) is 45.2 Å². The van der Waals surface area contributed by atoms with Crippen molar-refractivity contribution < 1.29 is 36.9 Å². The number of halogens is 4. The van der Waals surface area contributed by atoms with Crippen molar-refractivity contribution in [2.45, 2.75) is 64.1 Å². The third-order valence-corrected chi connectivity index (χ3v) is 7.50. The molecule has 1 aliphatic rings. The van der Waals surface area contributed by atoms with E-state index in [1.165, 1.54) is 20.3 Å². The molecule has 2 atom stereocenters. The van der Waals surface area contributed by atoms with Gasteiger partial charge < -0.3 is 24.4 Å². The van der Waals surface area contributed by atoms with Crippen LogP contribution in [0.5, 0.6) is 0 Å². The van der Waals surface area contributed by atoms with Crippen LogP contribution < -0.4 is 0 Å². The van der Waals surface area contributed by atoms with Crippen molar-refractivity contribution in [3.05, 3.63) is 35.1 Å². The van der Waals surface area contributed by atoms with Crippen molar-refractivity contribution in [3.8, 4) is 0 Å². The highest BCUT2D eigenvalue weighted by Crippen LogP contribution is 2.45. The molecule has 38 heavy (non-hydrogen) atoms. The zero-order chi connectivity index (χ0) is 28.7. The predicted molar refractivity (Wildman–Crippen MR) is 138 cm³/mol. The Bertz CT molecular complexity index is 905. The number of aliphatic hydroxyl groups is 1. The monoisotopic (exact) mass is 548 g/mol. The van der Waals surface area contributed by atoms with Crippen molar-refractivity contribution in [2.24, 2.45) is 11.3 Å². The summed E-state index contributed by atoms with van der Waals surface area (Å²) >= 11 is 0. The van der Waals surface area contributed by atoms with Gasteiger partial charge in [0.2, 0.25) is 0 Å². The molecule has 0 saturated heterocycles. The Morgan fingerprint density at radius 2 is 1.79 bits per heavy atom. The fourth-order valence-corrected chi connectivity index (χ4v) is 5.90. The molecule has 0 saturated carbocycles. The molecular formula is C28H44F4N2O4. The van der Waals surface area contributed by atoms with Crippen molar-refractivity contribution in [1.29, 1.82) is 0 Å². The summed E-state index contributed by atoms with van der Waals surface area (Å²) in [6.07, 6.45) is -3.04. The summed E-state index contributed by atoms with van der Waals surface area (Å²) in [5, 5.41) is 11.6. The minimum absolute atomic E-state index is 0.0659. The summed E-state index contributed by atoms with van der Waals surface area (Å²) in [7, 11) is 4.77. The maximum absolute atomic E-state index is 13.8. The van der Waals surface area contributed by atoms with Crippen molar-refractivity contribution in [1.82, 2.24) is 9.80 Å². The molecule has 0 unspecified atom stereocenters. The average Bonchev–Trinajstić information content (AvgIpc) is 2.81. The molecule has 1 N–H and O–H groups in total. The second kappa shape index (κ2) is 13.5. The number of methoxy groups -OCH3 is 2. The number of hydrogen-bond acceptors (Lipinski definition) is 5. The van der Waals surface area contributed by atoms with Crippen LogP contribution >= 0.6 is 0 Å². The van der Waals surface area contributed by atoms with E-state index in [1.807, 2.05) is 25.8 Å². The minimum Gasteiger partial charge on any atom is -0.389 e. The van der Waals surface area contributed by atoms with E-state index in [-0.39, 0.29) is 44.0 Å². The number of nitrogens with zero attached hydrogens (tertiary/aromatic N) is 2. The number of ether oxygens (including phenoxy) is 2. The van der Waals surface area contributed by atoms with Gasteiger partial charge in [-0.15, -0.1) is 0 Å². The molecule has 0 radical (unpaired) electrons. The molecule has 1 aromatic carbocycles. The molecule has 1 aliphatic carbocycles. The van der Waals surface area contributed by atoms with E-state index in [0.29, 0.717) is 38.8 Å². The molecule has 218 valence electrons. The predicted octanol–water partition coefficient (Wildman–Crippen LogP) is 4.64. The maximum Gasteiger partial charge on any atom is 0.471 e. The summed E-state index contributed by atoms with van der Waals surface area (Å²) in [5.41, 5.74) is 0.165. The fourth-order valence-electron chi connectivity index (χ4n) is 5.90. The molecule has 6 nitrogen and oxygen atoms in total. The summed E-state index contributed by atoms with van der Waals surface area (Å²) in [5.74, 6) is -2.14. The molecule has 10 heteroatoms. The summed E-state index contributed by atoms with van der Waals surface area (Å²) < 4.78 is 64.1. The first-order valence-electron chi connectivity index (χ1n) is 13.2. The maximum atomic E-state index is 13.8. The van der Waals surface area contributed by atoms with E-state index < -0.39 is 23.1 Å². The standard InChI is InChI=1S/C28H44F4N2O4/c1-20(2)24-23-9-8-22(29)16-21(23)10-11-27(24,36)12-15-33(4)13-7-14-34(25(35)28(30,31)32)17-26(3,18-37-5)19-38-6/h8-9,16,20,24,36H,7,10-15,17-19H2,1-6H3/t24-,27-/m0/s1. The van der Waals surface area contributed by atoms with Crippen LogP contribution in [0, 0.1) is 17.2 Å². The SMILES string of the molecule is COCC(C)(COC)CN(CCCN(C)CC[C@@]1(O)CCc2cc(F)ccc2[C@@H]1C(C)C)C(=O)C(F)(F)F. The van der Waals surface area contributed by atoms with Crippen LogP contribution in [0.25, 0.3) is 0 Å². The Kier molecular flexibility index (Phi) is 11.6. The first-order chi connectivity index (χ1) is 17.7. The lowest BCUT2D eigenvalue weighted by Gasteiger charge is -2.44. The van der Waals surface area contributed by atoms with Crippen LogP contribution in [0.3, 0.4) is 0 Å². The van der Waals surface area contributed by atoms with Gasteiger partial charge in [0.1, 0.15) is 5.82 Å². The quantitative estimate of drug-likeness (QED) is 0.343. The molecule has 2 rings (SSSR count). The van der Waals surface area contributed by atoms with Gasteiger partial charge in [-0.2, -0.15) is 13.2 Å². The van der Waals surface area contributed by atoms with E-state index in [1.54, 1.807) is 19.1 Å². The zero-order valence-corrected chi connectivity index (χ0v) is 23.5. The van der Waals surface area contributed by atoms with Gasteiger partial charge in [0.15, 0.2) is 0 Å². The molecule has 0 heterocycles. The van der Waals surface area contributed by atoms with Gasteiger partial charge in [0.25, 0.3) is 0 Å². The summed E-state index contributed by atoms with van der Waals surface area (Å²) in [4.78, 5) is 15.0. The highest BCUT2D eigenvalue weighted by molar-refractivity contribution is 5.81. The van der Waals surface area contributed by atoms with Gasteiger partial charge in [0.05, 0.1) is 18.8 Å². The molecule has 0 spiro atoms. The third kappa shape index (κ3) is 8.63. The molecule has 0 bridgehead atoms. The van der Waals surface area contributed by atoms with Gasteiger partial charge in [-0.05, 0) is 68.5 Å². The van der Waals surface area contributed by atoms with Crippen LogP contribution in [-0.2, 0) is 20.7 Å². The summed E-state index contributed by atoms with van der Waals surface area (Å²) in [6.45, 7) is 6.89. The second-order valence-electron chi connectivity index (χ2n) is 11.5. The molecule has 0 aromatic heterocycles. The third-order valence-electron chi connectivity index (χ3n) is 7.50. The molecular weight excluding hydrogens is 504 g/mol. The second-order valence-corrected chi connectivity index (χ2v) is 11.5. The number of carbonyl (C=O) groups excluding carboxylic acids is 1. The number of fused-ring (bicyclic) bond motifs is 1. The van der Waals surface area contributed by atoms with Gasteiger partial charge in [-0.1, -0.05) is 26.8 Å². The lowest BCUT2D eigenvalue weighted by Crippen LogP contribution is -2.49. The van der Waals surface area contributed by atoms with E-state index in [4.69, 9.17) is 9.47 Å². The molecule has 0 fully saturated rings. The first kappa shape index (κ1) is 32.5. The summed E-state index contributed by atoms with van der Waals surface area (Å²) in [6, 6.07) is 4.76. The van der Waals surface area contributed by atoms with Gasteiger partial charge in [-0.25, -0.2) is 4.39 Å². The van der Waals surface area contributed by atoms with Crippen molar-refractivity contribution in [3.63, 3.8) is 0 Å². The number of hydrogen-bond donors (Lipinski definition) is 1. The smallest absolute Gasteiger partial charge is 0.389 e. The van der Waals surface area contributed by atoms with E-state index in [0.717, 1.165) is 16.0 Å². The molecule has 1 aromatic rings. The normalized spacial score (nSPS) is 20.2. The fraction of sp³-hybridized carbons (Fsp3) is 0.750. The highest BCUT2D eigenvalue weighted by atomic mass is 19.4. The number of rotatable bonds is 14. The van der Waals surface area contributed by atoms with Gasteiger partial charge >= 0.3 is 12.1 Å². The van der Waals surface area contributed by atoms with Crippen LogP contribution in [0.2, 0.25) is 0 Å². The number of benzene rings is 1. The Morgan fingerprint density at radius 1 is 1.16 bits per heavy atom. The van der Waals surface area contributed by atoms with Crippen LogP contribution in [-0.4, -0.2) is 93.3 Å². The van der Waals surface area contributed by atoms with Crippen molar-refractivity contribution in [2.75, 3.05) is 60.7 Å². The first-order valence-corrected chi connectivity index (χ1v) is 13.2. The lowest BCUT2D eigenvalue weighted by molar-refractivity contribution is -0.187. The van der Waals surface area contributed by atoms with Crippen LogP contribution in [0.15, 0.2) is 18.2 Å². The minimum atomic E-state index is -4.97. The molecule has 0 aliphatic heterocycles. The Labute approximate surface area is 224 Å². The number of aryl methyl sites for hydroxylation is 1. The van der Waals surface area contributed by atoms with E-state index >= 15 is 0 Å². The Hall–Kier alpha value is -1.75. The van der Waals surface area contributed by atoms with E-state index in [9.17, 15) is 27.5 Å². The van der Waals surface area contributed by atoms with Crippen LogP contribution in [0.1, 0.15) is 57.1 Å². The average molecular weight is 549 g/mol. The molecule has 1 amide bonds. The number of alkyl halides is 3. The zero-order valence-electron chi connectivity index (χ0n) is 23.5. The van der Waals surface area contributed by atoms with Crippen molar-refractivity contribution >= 4 is 5.91 Å². The van der Waals surface area contributed by atoms with Crippen LogP contribution in [0.4, 0.5) is 17.6 Å². The largest absolute Gasteiger partial charge is 0.471 e. The Morgan fingerprint density at radius 3 is 2.34 bits per heavy atom. The number of carbonyl (C=O) groups is 1. The highest BCUT2D eigenvalue weighted by Gasteiger charge is 2.45. The topological polar surface area (TPSA) is 62.2 Å². The Balaban J connectivity index is 2.01. The van der Waals surface area contributed by atoms with Gasteiger partial charge in [-0.3, -0.25) is 4.79 Å². The van der Waals surface area contributed by atoms with E-state index in [2.05, 4.69) is 0 Å².